The first-order valence-corrected chi connectivity index (χ1v) is 9.51. The van der Waals surface area contributed by atoms with E-state index in [1.54, 1.807) is 13.8 Å². The molecule has 3 atom stereocenters. The van der Waals surface area contributed by atoms with Crippen LogP contribution in [0.5, 0.6) is 0 Å². The fraction of sp³-hybridized carbons (Fsp3) is 0.632. The van der Waals surface area contributed by atoms with Crippen LogP contribution in [0.1, 0.15) is 50.4 Å². The number of amides is 3. The summed E-state index contributed by atoms with van der Waals surface area (Å²) in [7, 11) is 0. The summed E-state index contributed by atoms with van der Waals surface area (Å²) in [6.07, 6.45) is 0.473. The molecule has 10 nitrogen and oxygen atoms in total. The third kappa shape index (κ3) is 6.38. The number of ether oxygens (including phenoxy) is 1. The van der Waals surface area contributed by atoms with Gasteiger partial charge in [-0.05, 0) is 33.1 Å². The van der Waals surface area contributed by atoms with E-state index in [1.165, 1.54) is 13.0 Å². The molecule has 0 saturated carbocycles. The number of aryl methyl sites for hydroxylation is 1. The number of Topliss-reactive ketones (excluding diaryl/α,β-unsaturated/α-hetero) is 1. The van der Waals surface area contributed by atoms with E-state index in [2.05, 4.69) is 21.1 Å². The van der Waals surface area contributed by atoms with E-state index in [1.807, 2.05) is 13.8 Å². The summed E-state index contributed by atoms with van der Waals surface area (Å²) in [6, 6.07) is -0.123. The Bertz CT molecular complexity index is 783. The highest BCUT2D eigenvalue weighted by molar-refractivity contribution is 5.98. The van der Waals surface area contributed by atoms with E-state index in [9.17, 15) is 19.2 Å². The van der Waals surface area contributed by atoms with E-state index in [0.717, 1.165) is 0 Å². The third-order valence-corrected chi connectivity index (χ3v) is 4.48. The summed E-state index contributed by atoms with van der Waals surface area (Å²) >= 11 is 0. The van der Waals surface area contributed by atoms with Crippen molar-refractivity contribution < 1.29 is 28.4 Å². The Kier molecular flexibility index (Phi) is 7.12. The van der Waals surface area contributed by atoms with Crippen LogP contribution in [-0.2, 0) is 19.1 Å². The predicted octanol–water partition coefficient (Wildman–Crippen LogP) is 0.106. The van der Waals surface area contributed by atoms with Crippen LogP contribution in [0.25, 0.3) is 0 Å². The normalized spacial score (nSPS) is 19.9. The molecule has 10 heteroatoms. The molecule has 0 bridgehead atoms. The Hall–Kier alpha value is -2.75. The molecule has 160 valence electrons. The van der Waals surface area contributed by atoms with Crippen LogP contribution in [0.2, 0.25) is 0 Å². The third-order valence-electron chi connectivity index (χ3n) is 4.48. The Morgan fingerprint density at radius 1 is 1.21 bits per heavy atom. The highest BCUT2D eigenvalue weighted by atomic mass is 16.6. The quantitative estimate of drug-likeness (QED) is 0.466. The van der Waals surface area contributed by atoms with Gasteiger partial charge in [0, 0.05) is 6.07 Å². The lowest BCUT2D eigenvalue weighted by Crippen LogP contribution is -2.51. The van der Waals surface area contributed by atoms with Crippen LogP contribution in [0.3, 0.4) is 0 Å². The molecule has 29 heavy (non-hydrogen) atoms. The Morgan fingerprint density at radius 3 is 2.38 bits per heavy atom. The second-order valence-corrected chi connectivity index (χ2v) is 7.87. The molecule has 0 aromatic carbocycles. The fourth-order valence-corrected chi connectivity index (χ4v) is 2.70. The number of carbonyl (C=O) groups excluding carboxylic acids is 4. The number of hydrogen-bond donors (Lipinski definition) is 3. The van der Waals surface area contributed by atoms with Gasteiger partial charge >= 0.3 is 0 Å². The van der Waals surface area contributed by atoms with E-state index in [4.69, 9.17) is 9.26 Å². The largest absolute Gasteiger partial charge is 0.361 e. The van der Waals surface area contributed by atoms with Crippen molar-refractivity contribution in [2.45, 2.75) is 58.7 Å². The summed E-state index contributed by atoms with van der Waals surface area (Å²) in [5.74, 6) is -1.11. The number of rotatable bonds is 10. The first-order chi connectivity index (χ1) is 13.5. The van der Waals surface area contributed by atoms with Gasteiger partial charge in [0.05, 0.1) is 19.2 Å². The SMILES string of the molecule is Cc1cc(C(=O)N[C@@H](C)C(=O)NCC(=O)NC(CC(C)C)C(=O)[C@@]2(C)CO2)no1. The average Bonchev–Trinajstić information content (AvgIpc) is 3.24. The lowest BCUT2D eigenvalue weighted by Gasteiger charge is -2.21. The van der Waals surface area contributed by atoms with Crippen LogP contribution < -0.4 is 16.0 Å². The second kappa shape index (κ2) is 9.17. The van der Waals surface area contributed by atoms with Gasteiger partial charge in [-0.3, -0.25) is 19.2 Å². The van der Waals surface area contributed by atoms with Crippen molar-refractivity contribution in [2.24, 2.45) is 5.92 Å². The summed E-state index contributed by atoms with van der Waals surface area (Å²) in [4.78, 5) is 48.9. The number of nitrogens with zero attached hydrogens (tertiary/aromatic N) is 1. The first kappa shape index (κ1) is 22.5. The minimum absolute atomic E-state index is 0.0609. The fourth-order valence-electron chi connectivity index (χ4n) is 2.70. The molecule has 2 rings (SSSR count). The summed E-state index contributed by atoms with van der Waals surface area (Å²) in [5.41, 5.74) is -0.778. The molecule has 1 aromatic heterocycles. The van der Waals surface area contributed by atoms with Crippen LogP contribution >= 0.6 is 0 Å². The molecule has 3 amide bonds. The molecule has 1 unspecified atom stereocenters. The zero-order valence-electron chi connectivity index (χ0n) is 17.3. The molecule has 1 aliphatic rings. The van der Waals surface area contributed by atoms with Gasteiger partial charge in [0.2, 0.25) is 11.8 Å². The molecule has 1 fully saturated rings. The van der Waals surface area contributed by atoms with Crippen molar-refractivity contribution in [2.75, 3.05) is 13.2 Å². The van der Waals surface area contributed by atoms with E-state index in [0.29, 0.717) is 18.8 Å². The standard InChI is InChI=1S/C19H28N4O6/c1-10(2)6-13(16(25)19(5)9-28-19)22-15(24)8-20-17(26)12(4)21-18(27)14-7-11(3)29-23-14/h7,10,12-13H,6,8-9H2,1-5H3,(H,20,26)(H,21,27)(H,22,24)/t12-,13?,19+/m0/s1. The van der Waals surface area contributed by atoms with Gasteiger partial charge < -0.3 is 25.2 Å². The smallest absolute Gasteiger partial charge is 0.274 e. The maximum atomic E-state index is 12.5. The van der Waals surface area contributed by atoms with Crippen molar-refractivity contribution >= 4 is 23.5 Å². The molecule has 0 radical (unpaired) electrons. The number of ketones is 1. The predicted molar refractivity (Wildman–Crippen MR) is 102 cm³/mol. The highest BCUT2D eigenvalue weighted by Gasteiger charge is 2.50. The number of hydrogen-bond acceptors (Lipinski definition) is 7. The Labute approximate surface area is 169 Å². The minimum atomic E-state index is -0.890. The van der Waals surface area contributed by atoms with Gasteiger partial charge in [0.25, 0.3) is 5.91 Å². The van der Waals surface area contributed by atoms with Crippen LogP contribution in [0.4, 0.5) is 0 Å². The van der Waals surface area contributed by atoms with Crippen molar-refractivity contribution in [3.63, 3.8) is 0 Å². The molecular weight excluding hydrogens is 380 g/mol. The molecular formula is C19H28N4O6. The molecule has 3 N–H and O–H groups in total. The number of nitrogens with one attached hydrogen (secondary N) is 3. The van der Waals surface area contributed by atoms with Gasteiger partial charge in [0.1, 0.15) is 17.4 Å². The second-order valence-electron chi connectivity index (χ2n) is 7.87. The number of carbonyl (C=O) groups is 4. The van der Waals surface area contributed by atoms with Gasteiger partial charge in [-0.15, -0.1) is 0 Å². The molecule has 1 saturated heterocycles. The van der Waals surface area contributed by atoms with Crippen molar-refractivity contribution in [1.82, 2.24) is 21.1 Å². The molecule has 0 spiro atoms. The van der Waals surface area contributed by atoms with E-state index < -0.39 is 35.4 Å². The highest BCUT2D eigenvalue weighted by Crippen LogP contribution is 2.29. The number of aromatic nitrogens is 1. The molecule has 1 aliphatic heterocycles. The van der Waals surface area contributed by atoms with Gasteiger partial charge in [-0.2, -0.15) is 0 Å². The summed E-state index contributed by atoms with van der Waals surface area (Å²) < 4.78 is 10.0. The average molecular weight is 408 g/mol. The summed E-state index contributed by atoms with van der Waals surface area (Å²) in [6.45, 7) is 8.74. The zero-order valence-corrected chi connectivity index (χ0v) is 17.3. The van der Waals surface area contributed by atoms with Crippen molar-refractivity contribution in [3.8, 4) is 0 Å². The number of epoxide rings is 1. The zero-order chi connectivity index (χ0) is 21.8. The van der Waals surface area contributed by atoms with E-state index >= 15 is 0 Å². The molecule has 1 aromatic rings. The monoisotopic (exact) mass is 408 g/mol. The van der Waals surface area contributed by atoms with Crippen LogP contribution in [0, 0.1) is 12.8 Å². The Balaban J connectivity index is 1.82. The Morgan fingerprint density at radius 2 is 1.86 bits per heavy atom. The summed E-state index contributed by atoms with van der Waals surface area (Å²) in [5, 5.41) is 11.2. The molecule has 2 heterocycles. The van der Waals surface area contributed by atoms with Gasteiger partial charge in [-0.1, -0.05) is 19.0 Å². The maximum Gasteiger partial charge on any atom is 0.274 e. The lowest BCUT2D eigenvalue weighted by atomic mass is 9.93. The lowest BCUT2D eigenvalue weighted by molar-refractivity contribution is -0.131. The van der Waals surface area contributed by atoms with Gasteiger partial charge in [-0.25, -0.2) is 0 Å². The van der Waals surface area contributed by atoms with E-state index in [-0.39, 0.29) is 23.9 Å². The molecule has 0 aliphatic carbocycles. The topological polar surface area (TPSA) is 143 Å². The van der Waals surface area contributed by atoms with Crippen LogP contribution in [-0.4, -0.2) is 59.5 Å². The van der Waals surface area contributed by atoms with Crippen LogP contribution in [0.15, 0.2) is 10.6 Å². The van der Waals surface area contributed by atoms with Crippen molar-refractivity contribution in [3.05, 3.63) is 17.5 Å². The van der Waals surface area contributed by atoms with Crippen molar-refractivity contribution in [1.29, 1.82) is 0 Å². The maximum absolute atomic E-state index is 12.5. The minimum Gasteiger partial charge on any atom is -0.361 e. The van der Waals surface area contributed by atoms with Gasteiger partial charge in [0.15, 0.2) is 11.5 Å². The first-order valence-electron chi connectivity index (χ1n) is 9.51.